The number of carbonyl (C=O) groups is 1. The van der Waals surface area contributed by atoms with Gasteiger partial charge in [0.1, 0.15) is 24.1 Å². The van der Waals surface area contributed by atoms with Gasteiger partial charge in [-0.3, -0.25) is 4.79 Å². The second kappa shape index (κ2) is 11.5. The lowest BCUT2D eigenvalue weighted by molar-refractivity contribution is -0.126. The standard InChI is InChI=1S/C32H32ClF2N5O2/c1-4-28(41)39-13-14-40(19(2)17-39)31-24-15-26(35)23(22-9-5-7-20-10-11-25(34)30(33)29(20)22)16-27(24)36-32(37-31)42-18-21-8-6-12-38(21)3/h4-5,7,9-11,15-16,19,21H,1,6,8,12-14,17-18H2,2-3H3/t19-,21-/m0/s1. The first-order valence-electron chi connectivity index (χ1n) is 14.1. The maximum atomic E-state index is 16.0. The van der Waals surface area contributed by atoms with Gasteiger partial charge in [0.15, 0.2) is 0 Å². The summed E-state index contributed by atoms with van der Waals surface area (Å²) in [4.78, 5) is 27.8. The van der Waals surface area contributed by atoms with Gasteiger partial charge in [0.25, 0.3) is 0 Å². The van der Waals surface area contributed by atoms with Crippen molar-refractivity contribution in [2.45, 2.75) is 31.8 Å². The molecule has 2 aliphatic heterocycles. The summed E-state index contributed by atoms with van der Waals surface area (Å²) in [6.45, 7) is 8.50. The molecular formula is C32H32ClF2N5O2. The lowest BCUT2D eigenvalue weighted by atomic mass is 9.96. The number of ether oxygens (including phenoxy) is 1. The Kier molecular flexibility index (Phi) is 7.72. The number of likely N-dealkylation sites (N-methyl/N-ethyl adjacent to an activating group) is 1. The third-order valence-electron chi connectivity index (χ3n) is 8.43. The molecule has 1 amide bonds. The van der Waals surface area contributed by atoms with E-state index in [1.807, 2.05) is 13.0 Å². The summed E-state index contributed by atoms with van der Waals surface area (Å²) < 4.78 is 36.7. The van der Waals surface area contributed by atoms with Crippen molar-refractivity contribution in [1.82, 2.24) is 19.8 Å². The molecule has 0 N–H and O–H groups in total. The summed E-state index contributed by atoms with van der Waals surface area (Å²) in [5.41, 5.74) is 1.21. The van der Waals surface area contributed by atoms with E-state index in [-0.39, 0.29) is 34.6 Å². The predicted octanol–water partition coefficient (Wildman–Crippen LogP) is 6.08. The minimum atomic E-state index is -0.571. The molecule has 6 rings (SSSR count). The van der Waals surface area contributed by atoms with Crippen LogP contribution in [-0.4, -0.2) is 77.6 Å². The maximum Gasteiger partial charge on any atom is 0.319 e. The van der Waals surface area contributed by atoms with Crippen LogP contribution in [0.5, 0.6) is 6.01 Å². The topological polar surface area (TPSA) is 61.8 Å². The minimum absolute atomic E-state index is 0.0588. The molecule has 218 valence electrons. The highest BCUT2D eigenvalue weighted by atomic mass is 35.5. The number of hydrogen-bond acceptors (Lipinski definition) is 6. The summed E-state index contributed by atoms with van der Waals surface area (Å²) in [6, 6.07) is 11.7. The minimum Gasteiger partial charge on any atom is -0.462 e. The average molecular weight is 592 g/mol. The first kappa shape index (κ1) is 28.3. The number of piperazine rings is 1. The SMILES string of the molecule is C=CC(=O)N1CCN(c2nc(OC[C@@H]3CCCN3C)nc3cc(-c4cccc5ccc(F)c(Cl)c45)c(F)cc23)[C@@H](C)C1. The highest BCUT2D eigenvalue weighted by molar-refractivity contribution is 6.37. The Morgan fingerprint density at radius 1 is 1.12 bits per heavy atom. The van der Waals surface area contributed by atoms with Crippen molar-refractivity contribution in [2.75, 3.05) is 44.7 Å². The van der Waals surface area contributed by atoms with Gasteiger partial charge in [-0.1, -0.05) is 42.4 Å². The zero-order chi connectivity index (χ0) is 29.5. The van der Waals surface area contributed by atoms with Crippen LogP contribution in [0.4, 0.5) is 14.6 Å². The van der Waals surface area contributed by atoms with Gasteiger partial charge in [-0.2, -0.15) is 9.97 Å². The number of anilines is 1. The lowest BCUT2D eigenvalue weighted by Gasteiger charge is -2.40. The predicted molar refractivity (Wildman–Crippen MR) is 162 cm³/mol. The molecule has 0 unspecified atom stereocenters. The van der Waals surface area contributed by atoms with Crippen molar-refractivity contribution in [2.24, 2.45) is 0 Å². The summed E-state index contributed by atoms with van der Waals surface area (Å²) in [5, 5.41) is 1.60. The largest absolute Gasteiger partial charge is 0.462 e. The fourth-order valence-corrected chi connectivity index (χ4v) is 6.37. The molecular weight excluding hydrogens is 560 g/mol. The molecule has 0 aliphatic carbocycles. The van der Waals surface area contributed by atoms with Crippen molar-refractivity contribution >= 4 is 45.0 Å². The molecule has 2 fully saturated rings. The van der Waals surface area contributed by atoms with E-state index in [2.05, 4.69) is 23.4 Å². The molecule has 2 atom stereocenters. The summed E-state index contributed by atoms with van der Waals surface area (Å²) in [6.07, 6.45) is 3.45. The maximum absolute atomic E-state index is 16.0. The van der Waals surface area contributed by atoms with Gasteiger partial charge in [0, 0.05) is 48.1 Å². The van der Waals surface area contributed by atoms with Gasteiger partial charge in [-0.05, 0) is 68.6 Å². The van der Waals surface area contributed by atoms with E-state index >= 15 is 4.39 Å². The van der Waals surface area contributed by atoms with E-state index in [0.29, 0.717) is 59.3 Å². The molecule has 0 bridgehead atoms. The van der Waals surface area contributed by atoms with Crippen LogP contribution in [0.3, 0.4) is 0 Å². The second-order valence-electron chi connectivity index (χ2n) is 11.1. The molecule has 42 heavy (non-hydrogen) atoms. The highest BCUT2D eigenvalue weighted by Crippen LogP contribution is 2.39. The zero-order valence-electron chi connectivity index (χ0n) is 23.6. The number of rotatable bonds is 6. The Morgan fingerprint density at radius 3 is 2.69 bits per heavy atom. The number of hydrogen-bond donors (Lipinski definition) is 0. The Labute approximate surface area is 248 Å². The fourth-order valence-electron chi connectivity index (χ4n) is 6.10. The molecule has 4 aromatic rings. The van der Waals surface area contributed by atoms with Crippen LogP contribution >= 0.6 is 11.6 Å². The van der Waals surface area contributed by atoms with Gasteiger partial charge >= 0.3 is 6.01 Å². The lowest BCUT2D eigenvalue weighted by Crippen LogP contribution is -2.53. The molecule has 3 heterocycles. The zero-order valence-corrected chi connectivity index (χ0v) is 24.4. The van der Waals surface area contributed by atoms with Crippen LogP contribution in [0, 0.1) is 11.6 Å². The number of benzene rings is 3. The number of carbonyl (C=O) groups excluding carboxylic acids is 1. The van der Waals surface area contributed by atoms with E-state index in [4.69, 9.17) is 26.3 Å². The first-order valence-corrected chi connectivity index (χ1v) is 14.5. The number of nitrogens with zero attached hydrogens (tertiary/aromatic N) is 5. The van der Waals surface area contributed by atoms with Crippen LogP contribution in [0.2, 0.25) is 5.02 Å². The first-order chi connectivity index (χ1) is 20.2. The van der Waals surface area contributed by atoms with Crippen molar-refractivity contribution in [3.8, 4) is 17.1 Å². The van der Waals surface area contributed by atoms with Crippen LogP contribution in [0.15, 0.2) is 55.1 Å². The number of amides is 1. The Balaban J connectivity index is 1.47. The van der Waals surface area contributed by atoms with Gasteiger partial charge < -0.3 is 19.4 Å². The van der Waals surface area contributed by atoms with Gasteiger partial charge in [-0.25, -0.2) is 8.78 Å². The van der Waals surface area contributed by atoms with Crippen molar-refractivity contribution in [1.29, 1.82) is 0 Å². The highest BCUT2D eigenvalue weighted by Gasteiger charge is 2.30. The van der Waals surface area contributed by atoms with E-state index in [9.17, 15) is 9.18 Å². The molecule has 2 saturated heterocycles. The van der Waals surface area contributed by atoms with Crippen molar-refractivity contribution in [3.63, 3.8) is 0 Å². The Bertz CT molecular complexity index is 1700. The van der Waals surface area contributed by atoms with Gasteiger partial charge in [0.05, 0.1) is 10.5 Å². The van der Waals surface area contributed by atoms with Crippen molar-refractivity contribution < 1.29 is 18.3 Å². The fraction of sp³-hybridized carbons (Fsp3) is 0.344. The average Bonchev–Trinajstić information content (AvgIpc) is 3.41. The molecule has 2 aliphatic rings. The summed E-state index contributed by atoms with van der Waals surface area (Å²) in [5.74, 6) is -0.660. The normalized spacial score (nSPS) is 19.5. The third-order valence-corrected chi connectivity index (χ3v) is 8.80. The number of fused-ring (bicyclic) bond motifs is 2. The van der Waals surface area contributed by atoms with Gasteiger partial charge in [0.2, 0.25) is 5.91 Å². The Morgan fingerprint density at radius 2 is 1.95 bits per heavy atom. The van der Waals surface area contributed by atoms with Crippen LogP contribution in [0.1, 0.15) is 19.8 Å². The molecule has 7 nitrogen and oxygen atoms in total. The third kappa shape index (κ3) is 5.16. The van der Waals surface area contributed by atoms with Crippen LogP contribution in [0.25, 0.3) is 32.8 Å². The smallest absolute Gasteiger partial charge is 0.319 e. The van der Waals surface area contributed by atoms with E-state index < -0.39 is 11.6 Å². The van der Waals surface area contributed by atoms with Crippen LogP contribution in [-0.2, 0) is 4.79 Å². The molecule has 1 aromatic heterocycles. The quantitative estimate of drug-likeness (QED) is 0.253. The van der Waals surface area contributed by atoms with E-state index in [1.54, 1.807) is 29.2 Å². The Hall–Kier alpha value is -3.82. The van der Waals surface area contributed by atoms with Gasteiger partial charge in [-0.15, -0.1) is 0 Å². The molecule has 3 aromatic carbocycles. The van der Waals surface area contributed by atoms with Crippen LogP contribution < -0.4 is 9.64 Å². The number of halogens is 3. The second-order valence-corrected chi connectivity index (χ2v) is 11.4. The monoisotopic (exact) mass is 591 g/mol. The number of likely N-dealkylation sites (tertiary alicyclic amines) is 1. The van der Waals surface area contributed by atoms with E-state index in [1.165, 1.54) is 18.2 Å². The number of aromatic nitrogens is 2. The molecule has 0 radical (unpaired) electrons. The van der Waals surface area contributed by atoms with Crippen molar-refractivity contribution in [3.05, 3.63) is 71.8 Å². The molecule has 0 saturated carbocycles. The molecule has 10 heteroatoms. The molecule has 0 spiro atoms. The summed E-state index contributed by atoms with van der Waals surface area (Å²) >= 11 is 6.39. The summed E-state index contributed by atoms with van der Waals surface area (Å²) in [7, 11) is 2.08. The van der Waals surface area contributed by atoms with E-state index in [0.717, 1.165) is 19.4 Å².